The third-order valence-electron chi connectivity index (χ3n) is 1.19. The SMILES string of the molecule is Cl.NOc1ccccc1[N+](=O)[O-]. The van der Waals surface area contributed by atoms with E-state index in [4.69, 9.17) is 5.90 Å². The molecule has 1 aromatic rings. The maximum absolute atomic E-state index is 10.3. The van der Waals surface area contributed by atoms with Crippen molar-refractivity contribution in [2.45, 2.75) is 0 Å². The largest absolute Gasteiger partial charge is 0.404 e. The lowest BCUT2D eigenvalue weighted by atomic mass is 10.3. The topological polar surface area (TPSA) is 78.4 Å². The molecule has 1 aromatic carbocycles. The Balaban J connectivity index is 0.00000121. The summed E-state index contributed by atoms with van der Waals surface area (Å²) in [5.41, 5.74) is -0.130. The first-order chi connectivity index (χ1) is 5.25. The van der Waals surface area contributed by atoms with Crippen molar-refractivity contribution in [1.29, 1.82) is 0 Å². The fourth-order valence-electron chi connectivity index (χ4n) is 0.708. The summed E-state index contributed by atoms with van der Waals surface area (Å²) >= 11 is 0. The molecule has 0 aliphatic rings. The first kappa shape index (κ1) is 10.7. The lowest BCUT2D eigenvalue weighted by Gasteiger charge is -1.97. The van der Waals surface area contributed by atoms with Gasteiger partial charge in [0, 0.05) is 6.07 Å². The van der Waals surface area contributed by atoms with Crippen molar-refractivity contribution in [3.05, 3.63) is 34.4 Å². The molecule has 0 atom stereocenters. The summed E-state index contributed by atoms with van der Waals surface area (Å²) in [4.78, 5) is 14.0. The van der Waals surface area contributed by atoms with Crippen LogP contribution in [0, 0.1) is 10.1 Å². The molecule has 0 unspecified atom stereocenters. The predicted molar refractivity (Wildman–Crippen MR) is 45.2 cm³/mol. The van der Waals surface area contributed by atoms with E-state index in [-0.39, 0.29) is 23.8 Å². The van der Waals surface area contributed by atoms with Gasteiger partial charge in [0.15, 0.2) is 0 Å². The fourth-order valence-corrected chi connectivity index (χ4v) is 0.708. The number of nitrogens with zero attached hydrogens (tertiary/aromatic N) is 1. The van der Waals surface area contributed by atoms with Gasteiger partial charge in [-0.15, -0.1) is 12.4 Å². The van der Waals surface area contributed by atoms with Gasteiger partial charge in [0.1, 0.15) is 0 Å². The maximum Gasteiger partial charge on any atom is 0.313 e. The summed E-state index contributed by atoms with van der Waals surface area (Å²) in [6, 6.07) is 5.90. The van der Waals surface area contributed by atoms with Crippen LogP contribution in [0.25, 0.3) is 0 Å². The van der Waals surface area contributed by atoms with E-state index in [1.165, 1.54) is 12.1 Å². The molecule has 2 N–H and O–H groups in total. The van der Waals surface area contributed by atoms with Crippen molar-refractivity contribution in [3.8, 4) is 5.75 Å². The van der Waals surface area contributed by atoms with Crippen molar-refractivity contribution >= 4 is 18.1 Å². The zero-order valence-electron chi connectivity index (χ0n) is 5.97. The number of halogens is 1. The van der Waals surface area contributed by atoms with Gasteiger partial charge < -0.3 is 4.84 Å². The molecule has 1 rings (SSSR count). The van der Waals surface area contributed by atoms with E-state index in [1.807, 2.05) is 0 Å². The minimum atomic E-state index is -0.553. The summed E-state index contributed by atoms with van der Waals surface area (Å²) in [6.45, 7) is 0. The van der Waals surface area contributed by atoms with Crippen molar-refractivity contribution in [3.63, 3.8) is 0 Å². The van der Waals surface area contributed by atoms with Crippen LogP contribution in [0.15, 0.2) is 24.3 Å². The molecule has 6 heteroatoms. The fraction of sp³-hybridized carbons (Fsp3) is 0. The quantitative estimate of drug-likeness (QED) is 0.563. The van der Waals surface area contributed by atoms with E-state index in [0.717, 1.165) is 0 Å². The van der Waals surface area contributed by atoms with E-state index in [9.17, 15) is 10.1 Å². The Bertz CT molecular complexity index is 279. The van der Waals surface area contributed by atoms with E-state index in [0.29, 0.717) is 0 Å². The zero-order valence-corrected chi connectivity index (χ0v) is 6.78. The molecule has 0 saturated carbocycles. The smallest absolute Gasteiger partial charge is 0.313 e. The molecular formula is C6H7ClN2O3. The summed E-state index contributed by atoms with van der Waals surface area (Å²) in [6.07, 6.45) is 0. The molecule has 0 bridgehead atoms. The van der Waals surface area contributed by atoms with Gasteiger partial charge in [-0.2, -0.15) is 5.90 Å². The molecule has 0 fully saturated rings. The Morgan fingerprint density at radius 1 is 1.42 bits per heavy atom. The van der Waals surface area contributed by atoms with Gasteiger partial charge in [-0.05, 0) is 6.07 Å². The average Bonchev–Trinajstić information content (AvgIpc) is 2.04. The number of nitro benzene ring substituents is 1. The predicted octanol–water partition coefficient (Wildman–Crippen LogP) is 1.27. The third kappa shape index (κ3) is 2.08. The molecule has 5 nitrogen and oxygen atoms in total. The van der Waals surface area contributed by atoms with Crippen LogP contribution >= 0.6 is 12.4 Å². The minimum absolute atomic E-state index is 0. The second-order valence-corrected chi connectivity index (χ2v) is 1.84. The monoisotopic (exact) mass is 190 g/mol. The van der Waals surface area contributed by atoms with Gasteiger partial charge in [-0.1, -0.05) is 12.1 Å². The average molecular weight is 191 g/mol. The lowest BCUT2D eigenvalue weighted by Crippen LogP contribution is -2.04. The number of hydrogen-bond donors (Lipinski definition) is 1. The van der Waals surface area contributed by atoms with E-state index in [2.05, 4.69) is 4.84 Å². The van der Waals surface area contributed by atoms with Crippen molar-refractivity contribution in [2.24, 2.45) is 5.90 Å². The molecule has 0 aliphatic heterocycles. The van der Waals surface area contributed by atoms with Gasteiger partial charge in [0.2, 0.25) is 5.75 Å². The molecule has 0 amide bonds. The molecule has 0 aromatic heterocycles. The Hall–Kier alpha value is -1.33. The van der Waals surface area contributed by atoms with Crippen LogP contribution in [0.5, 0.6) is 5.75 Å². The Labute approximate surface area is 74.6 Å². The van der Waals surface area contributed by atoms with Crippen LogP contribution in [0.1, 0.15) is 0 Å². The highest BCUT2D eigenvalue weighted by Crippen LogP contribution is 2.24. The summed E-state index contributed by atoms with van der Waals surface area (Å²) in [7, 11) is 0. The maximum atomic E-state index is 10.3. The first-order valence-corrected chi connectivity index (χ1v) is 2.86. The van der Waals surface area contributed by atoms with Crippen LogP contribution in [0.4, 0.5) is 5.69 Å². The summed E-state index contributed by atoms with van der Waals surface area (Å²) in [5.74, 6) is 4.85. The highest BCUT2D eigenvalue weighted by atomic mass is 35.5. The molecule has 12 heavy (non-hydrogen) atoms. The zero-order chi connectivity index (χ0) is 8.27. The minimum Gasteiger partial charge on any atom is -0.404 e. The van der Waals surface area contributed by atoms with Crippen molar-refractivity contribution in [2.75, 3.05) is 0 Å². The van der Waals surface area contributed by atoms with Crippen LogP contribution in [0.3, 0.4) is 0 Å². The van der Waals surface area contributed by atoms with Crippen LogP contribution < -0.4 is 10.7 Å². The standard InChI is InChI=1S/C6H6N2O3.ClH/c7-11-6-4-2-1-3-5(6)8(9)10;/h1-4H,7H2;1H. The van der Waals surface area contributed by atoms with E-state index >= 15 is 0 Å². The van der Waals surface area contributed by atoms with Gasteiger partial charge in [0.05, 0.1) is 4.92 Å². The molecule has 0 saturated heterocycles. The molecule has 0 aliphatic carbocycles. The number of nitrogens with two attached hydrogens (primary N) is 1. The molecule has 0 radical (unpaired) electrons. The van der Waals surface area contributed by atoms with Gasteiger partial charge >= 0.3 is 5.69 Å². The highest BCUT2D eigenvalue weighted by Gasteiger charge is 2.11. The first-order valence-electron chi connectivity index (χ1n) is 2.86. The second kappa shape index (κ2) is 4.53. The summed E-state index contributed by atoms with van der Waals surface area (Å²) in [5, 5.41) is 10.3. The Morgan fingerprint density at radius 2 is 2.00 bits per heavy atom. The Morgan fingerprint density at radius 3 is 2.42 bits per heavy atom. The molecule has 66 valence electrons. The van der Waals surface area contributed by atoms with E-state index in [1.54, 1.807) is 12.1 Å². The summed E-state index contributed by atoms with van der Waals surface area (Å²) < 4.78 is 0. The normalized spacial score (nSPS) is 8.42. The Kier molecular flexibility index (Phi) is 4.03. The number of para-hydroxylation sites is 2. The van der Waals surface area contributed by atoms with E-state index < -0.39 is 4.92 Å². The van der Waals surface area contributed by atoms with Gasteiger partial charge in [-0.25, -0.2) is 0 Å². The van der Waals surface area contributed by atoms with Gasteiger partial charge in [-0.3, -0.25) is 10.1 Å². The lowest BCUT2D eigenvalue weighted by molar-refractivity contribution is -0.385. The number of rotatable bonds is 2. The molecule has 0 heterocycles. The second-order valence-electron chi connectivity index (χ2n) is 1.84. The van der Waals surface area contributed by atoms with Crippen molar-refractivity contribution < 1.29 is 9.76 Å². The van der Waals surface area contributed by atoms with Gasteiger partial charge in [0.25, 0.3) is 0 Å². The number of benzene rings is 1. The number of nitro groups is 1. The van der Waals surface area contributed by atoms with Crippen molar-refractivity contribution in [1.82, 2.24) is 0 Å². The molecule has 0 spiro atoms. The van der Waals surface area contributed by atoms with Crippen LogP contribution in [-0.2, 0) is 0 Å². The third-order valence-corrected chi connectivity index (χ3v) is 1.19. The highest BCUT2D eigenvalue weighted by molar-refractivity contribution is 5.85. The number of hydrogen-bond acceptors (Lipinski definition) is 4. The molecular weight excluding hydrogens is 184 g/mol. The van der Waals surface area contributed by atoms with Crippen LogP contribution in [0.2, 0.25) is 0 Å². The van der Waals surface area contributed by atoms with Crippen LogP contribution in [-0.4, -0.2) is 4.92 Å².